The van der Waals surface area contributed by atoms with Crippen LogP contribution in [0.5, 0.6) is 0 Å². The smallest absolute Gasteiger partial charge is 0.304 e. The molecule has 0 bridgehead atoms. The summed E-state index contributed by atoms with van der Waals surface area (Å²) < 4.78 is 0. The van der Waals surface area contributed by atoms with Crippen molar-refractivity contribution in [1.82, 2.24) is 0 Å². The van der Waals surface area contributed by atoms with Crippen LogP contribution in [-0.2, 0) is 4.79 Å². The number of aliphatic carboxylic acids is 1. The number of carboxylic acids is 1. The minimum absolute atomic E-state index is 0.0158. The first-order valence-corrected chi connectivity index (χ1v) is 13.0. The van der Waals surface area contributed by atoms with Crippen LogP contribution in [0.1, 0.15) is 57.3 Å². The Morgan fingerprint density at radius 2 is 1.38 bits per heavy atom. The number of hydrogen-bond donors (Lipinski definition) is 1. The molecule has 5 rings (SSSR count). The van der Waals surface area contributed by atoms with Crippen molar-refractivity contribution in [1.29, 1.82) is 0 Å². The molecule has 0 saturated carbocycles. The van der Waals surface area contributed by atoms with Crippen molar-refractivity contribution in [2.24, 2.45) is 0 Å². The fraction of sp³-hybridized carbons (Fsp3) is 0.133. The Morgan fingerprint density at radius 3 is 2.03 bits per heavy atom. The number of carboxylic acid groups (broad SMARTS) is 1. The molecule has 1 aliphatic carbocycles. The van der Waals surface area contributed by atoms with E-state index >= 15 is 0 Å². The molecule has 0 aromatic heterocycles. The highest BCUT2D eigenvalue weighted by Crippen LogP contribution is 2.39. The van der Waals surface area contributed by atoms with Crippen LogP contribution >= 0.6 is 46.4 Å². The van der Waals surface area contributed by atoms with Crippen LogP contribution in [0.4, 0.5) is 0 Å². The van der Waals surface area contributed by atoms with Gasteiger partial charge in [-0.25, -0.2) is 0 Å². The summed E-state index contributed by atoms with van der Waals surface area (Å²) in [5, 5.41) is 11.0. The number of Topliss-reactive ketones (excluding diaryl/α,β-unsaturated/α-hetero) is 1. The number of hydrogen-bond acceptors (Lipinski definition) is 2. The van der Waals surface area contributed by atoms with Gasteiger partial charge in [0.1, 0.15) is 0 Å². The van der Waals surface area contributed by atoms with Crippen molar-refractivity contribution in [3.05, 3.63) is 139 Å². The fourth-order valence-corrected chi connectivity index (χ4v) is 5.12. The molecule has 37 heavy (non-hydrogen) atoms. The van der Waals surface area contributed by atoms with Crippen molar-refractivity contribution in [2.75, 3.05) is 0 Å². The van der Waals surface area contributed by atoms with Crippen molar-refractivity contribution in [3.8, 4) is 0 Å². The molecular formula is C30H22Cl4O3. The van der Waals surface area contributed by atoms with E-state index in [1.165, 1.54) is 0 Å². The lowest BCUT2D eigenvalue weighted by Gasteiger charge is -2.16. The number of benzene rings is 4. The van der Waals surface area contributed by atoms with Gasteiger partial charge < -0.3 is 5.11 Å². The van der Waals surface area contributed by atoms with Gasteiger partial charge in [-0.1, -0.05) is 113 Å². The average Bonchev–Trinajstić information content (AvgIpc) is 3.23. The molecule has 2 atom stereocenters. The number of rotatable bonds is 5. The molecule has 0 heterocycles. The van der Waals surface area contributed by atoms with Gasteiger partial charge in [0.05, 0.1) is 26.5 Å². The molecule has 0 amide bonds. The molecule has 1 N–H and O–H groups in total. The number of halogens is 4. The molecule has 4 aromatic rings. The van der Waals surface area contributed by atoms with Crippen LogP contribution in [0, 0.1) is 0 Å². The van der Waals surface area contributed by atoms with Gasteiger partial charge >= 0.3 is 5.97 Å². The monoisotopic (exact) mass is 570 g/mol. The molecule has 0 radical (unpaired) electrons. The molecular weight excluding hydrogens is 550 g/mol. The standard InChI is InChI=1S/C15H12Cl2O2.C15H10Cl2O/c16-13-7-6-11(8-14(13)17)12(9-15(18)19)10-4-2-1-3-5-10;16-13-6-5-9(7-14(13)17)12-8-15(18)11-4-2-1-3-10(11)12/h1-8,12H,9H2,(H,18,19);1-7,12H,8H2. The van der Waals surface area contributed by atoms with Gasteiger partial charge in [-0.15, -0.1) is 0 Å². The first-order chi connectivity index (χ1) is 17.7. The average molecular weight is 572 g/mol. The minimum Gasteiger partial charge on any atom is -0.481 e. The van der Waals surface area contributed by atoms with Gasteiger partial charge in [0.25, 0.3) is 0 Å². The minimum atomic E-state index is -0.847. The van der Waals surface area contributed by atoms with Crippen molar-refractivity contribution >= 4 is 58.2 Å². The van der Waals surface area contributed by atoms with Crippen LogP contribution in [0.3, 0.4) is 0 Å². The van der Waals surface area contributed by atoms with Crippen molar-refractivity contribution in [3.63, 3.8) is 0 Å². The Balaban J connectivity index is 0.000000173. The van der Waals surface area contributed by atoms with E-state index in [1.54, 1.807) is 18.2 Å². The van der Waals surface area contributed by atoms with Gasteiger partial charge in [-0.3, -0.25) is 9.59 Å². The second-order valence-corrected chi connectivity index (χ2v) is 10.3. The molecule has 0 spiro atoms. The first kappa shape index (κ1) is 27.2. The maximum absolute atomic E-state index is 11.9. The number of ketones is 1. The predicted octanol–water partition coefficient (Wildman–Crippen LogP) is 9.31. The fourth-order valence-electron chi connectivity index (χ4n) is 4.50. The van der Waals surface area contributed by atoms with E-state index in [-0.39, 0.29) is 24.0 Å². The lowest BCUT2D eigenvalue weighted by molar-refractivity contribution is -0.137. The van der Waals surface area contributed by atoms with Gasteiger partial charge in [-0.05, 0) is 46.5 Å². The third-order valence-corrected chi connectivity index (χ3v) is 7.78. The second-order valence-electron chi connectivity index (χ2n) is 8.68. The molecule has 0 aliphatic heterocycles. The summed E-state index contributed by atoms with van der Waals surface area (Å²) in [6, 6.07) is 28.1. The number of carbonyl (C=O) groups is 2. The summed E-state index contributed by atoms with van der Waals surface area (Å²) in [4.78, 5) is 23.0. The third-order valence-electron chi connectivity index (χ3n) is 6.30. The third kappa shape index (κ3) is 6.55. The van der Waals surface area contributed by atoms with E-state index < -0.39 is 5.97 Å². The van der Waals surface area contributed by atoms with Crippen molar-refractivity contribution in [2.45, 2.75) is 24.7 Å². The topological polar surface area (TPSA) is 54.4 Å². The zero-order chi connectivity index (χ0) is 26.5. The largest absolute Gasteiger partial charge is 0.481 e. The van der Waals surface area contributed by atoms with E-state index in [2.05, 4.69) is 0 Å². The van der Waals surface area contributed by atoms with Gasteiger partial charge in [0.2, 0.25) is 0 Å². The maximum atomic E-state index is 11.9. The Bertz CT molecular complexity index is 1440. The highest BCUT2D eigenvalue weighted by Gasteiger charge is 2.30. The van der Waals surface area contributed by atoms with E-state index in [9.17, 15) is 9.59 Å². The summed E-state index contributed by atoms with van der Waals surface area (Å²) in [5.41, 5.74) is 4.75. The highest BCUT2D eigenvalue weighted by atomic mass is 35.5. The Kier molecular flexibility index (Phi) is 8.94. The van der Waals surface area contributed by atoms with Gasteiger partial charge in [0.15, 0.2) is 5.78 Å². The lowest BCUT2D eigenvalue weighted by Crippen LogP contribution is -2.08. The van der Waals surface area contributed by atoms with E-state index in [0.29, 0.717) is 26.5 Å². The molecule has 4 aromatic carbocycles. The molecule has 2 unspecified atom stereocenters. The van der Waals surface area contributed by atoms with Crippen LogP contribution in [0.25, 0.3) is 0 Å². The summed E-state index contributed by atoms with van der Waals surface area (Å²) in [6.07, 6.45) is 0.527. The maximum Gasteiger partial charge on any atom is 0.304 e. The first-order valence-electron chi connectivity index (χ1n) is 11.5. The zero-order valence-electron chi connectivity index (χ0n) is 19.5. The van der Waals surface area contributed by atoms with Crippen LogP contribution in [0.15, 0.2) is 91.0 Å². The summed E-state index contributed by atoms with van der Waals surface area (Å²) in [7, 11) is 0. The van der Waals surface area contributed by atoms with Crippen molar-refractivity contribution < 1.29 is 14.7 Å². The summed E-state index contributed by atoms with van der Waals surface area (Å²) in [6.45, 7) is 0. The second kappa shape index (κ2) is 12.1. The summed E-state index contributed by atoms with van der Waals surface area (Å²) in [5.74, 6) is -0.779. The van der Waals surface area contributed by atoms with Crippen LogP contribution < -0.4 is 0 Å². The molecule has 1 aliphatic rings. The summed E-state index contributed by atoms with van der Waals surface area (Å²) >= 11 is 23.8. The Labute approximate surface area is 235 Å². The molecule has 7 heteroatoms. The lowest BCUT2D eigenvalue weighted by atomic mass is 9.89. The predicted molar refractivity (Wildman–Crippen MR) is 151 cm³/mol. The number of fused-ring (bicyclic) bond motifs is 1. The Morgan fingerprint density at radius 1 is 0.757 bits per heavy atom. The van der Waals surface area contributed by atoms with Gasteiger partial charge in [0, 0.05) is 23.8 Å². The van der Waals surface area contributed by atoms with Gasteiger partial charge in [-0.2, -0.15) is 0 Å². The quantitative estimate of drug-likeness (QED) is 0.259. The van der Waals surface area contributed by atoms with E-state index in [4.69, 9.17) is 51.5 Å². The van der Waals surface area contributed by atoms with E-state index in [1.807, 2.05) is 72.8 Å². The molecule has 0 fully saturated rings. The molecule has 3 nitrogen and oxygen atoms in total. The number of carbonyl (C=O) groups excluding carboxylic acids is 1. The highest BCUT2D eigenvalue weighted by molar-refractivity contribution is 6.42. The molecule has 0 saturated heterocycles. The van der Waals surface area contributed by atoms with Crippen LogP contribution in [-0.4, -0.2) is 16.9 Å². The normalized spacial score (nSPS) is 14.9. The zero-order valence-corrected chi connectivity index (χ0v) is 22.5. The van der Waals surface area contributed by atoms with Crippen LogP contribution in [0.2, 0.25) is 20.1 Å². The molecule has 188 valence electrons. The van der Waals surface area contributed by atoms with E-state index in [0.717, 1.165) is 27.8 Å². The Hall–Kier alpha value is -2.82. The SMILES string of the molecule is O=C(O)CC(c1ccccc1)c1ccc(Cl)c(Cl)c1.O=C1CC(c2ccc(Cl)c(Cl)c2)c2ccccc21.